The predicted octanol–water partition coefficient (Wildman–Crippen LogP) is 4.04. The van der Waals surface area contributed by atoms with Crippen molar-refractivity contribution in [2.24, 2.45) is 0 Å². The van der Waals surface area contributed by atoms with Gasteiger partial charge < -0.3 is 0 Å². The third kappa shape index (κ3) is 2.90. The van der Waals surface area contributed by atoms with Crippen molar-refractivity contribution in [2.45, 2.75) is 5.38 Å². The van der Waals surface area contributed by atoms with Crippen LogP contribution < -0.4 is 0 Å². The first-order valence-corrected chi connectivity index (χ1v) is 6.22. The zero-order valence-electron chi connectivity index (χ0n) is 10.4. The molecule has 1 unspecified atom stereocenters. The maximum atomic E-state index is 13.9. The molecule has 0 aromatic heterocycles. The van der Waals surface area contributed by atoms with Crippen molar-refractivity contribution in [3.63, 3.8) is 0 Å². The zero-order chi connectivity index (χ0) is 15.6. The van der Waals surface area contributed by atoms with Crippen LogP contribution in [0.5, 0.6) is 0 Å². The molecule has 21 heavy (non-hydrogen) atoms. The molecule has 0 aliphatic heterocycles. The molecule has 0 amide bonds. The van der Waals surface area contributed by atoms with Crippen molar-refractivity contribution in [3.05, 3.63) is 75.3 Å². The standard InChI is InChI=1S/C14H8ClF2NO3/c15-12(8-4-2-1-3-5-8)14(19)11-9(16)6-7-10(13(11)17)18(20)21/h1-7,12H. The van der Waals surface area contributed by atoms with Gasteiger partial charge in [0, 0.05) is 6.07 Å². The lowest BCUT2D eigenvalue weighted by atomic mass is 10.0. The fourth-order valence-corrected chi connectivity index (χ4v) is 2.06. The van der Waals surface area contributed by atoms with Gasteiger partial charge in [0.25, 0.3) is 0 Å². The molecule has 2 aromatic rings. The van der Waals surface area contributed by atoms with Gasteiger partial charge in [-0.2, -0.15) is 4.39 Å². The monoisotopic (exact) mass is 311 g/mol. The minimum absolute atomic E-state index is 0.342. The molecule has 108 valence electrons. The summed E-state index contributed by atoms with van der Waals surface area (Å²) in [5, 5.41) is 9.31. The average molecular weight is 312 g/mol. The van der Waals surface area contributed by atoms with E-state index < -0.39 is 39.0 Å². The molecule has 0 aliphatic rings. The normalized spacial score (nSPS) is 12.0. The lowest BCUT2D eigenvalue weighted by Crippen LogP contribution is -2.13. The second kappa shape index (κ2) is 5.97. The van der Waals surface area contributed by atoms with E-state index >= 15 is 0 Å². The highest BCUT2D eigenvalue weighted by atomic mass is 35.5. The zero-order valence-corrected chi connectivity index (χ0v) is 11.2. The number of carbonyl (C=O) groups excluding carboxylic acids is 1. The van der Waals surface area contributed by atoms with Gasteiger partial charge in [0.1, 0.15) is 11.2 Å². The summed E-state index contributed by atoms with van der Waals surface area (Å²) in [6.07, 6.45) is 0. The van der Waals surface area contributed by atoms with Crippen molar-refractivity contribution >= 4 is 23.1 Å². The van der Waals surface area contributed by atoms with Gasteiger partial charge in [-0.3, -0.25) is 14.9 Å². The third-order valence-electron chi connectivity index (χ3n) is 2.84. The van der Waals surface area contributed by atoms with E-state index in [1.165, 1.54) is 12.1 Å². The first-order valence-electron chi connectivity index (χ1n) is 5.79. The summed E-state index contributed by atoms with van der Waals surface area (Å²) in [6, 6.07) is 9.27. The summed E-state index contributed by atoms with van der Waals surface area (Å²) in [5.74, 6) is -3.78. The second-order valence-electron chi connectivity index (χ2n) is 4.15. The third-order valence-corrected chi connectivity index (χ3v) is 3.29. The Bertz CT molecular complexity index is 707. The van der Waals surface area contributed by atoms with Crippen LogP contribution >= 0.6 is 11.6 Å². The van der Waals surface area contributed by atoms with Crippen molar-refractivity contribution < 1.29 is 18.5 Å². The highest BCUT2D eigenvalue weighted by molar-refractivity contribution is 6.34. The van der Waals surface area contributed by atoms with E-state index in [4.69, 9.17) is 11.6 Å². The molecular weight excluding hydrogens is 304 g/mol. The van der Waals surface area contributed by atoms with Crippen LogP contribution in [0.15, 0.2) is 42.5 Å². The lowest BCUT2D eigenvalue weighted by molar-refractivity contribution is -0.387. The van der Waals surface area contributed by atoms with Crippen molar-refractivity contribution in [3.8, 4) is 0 Å². The molecule has 0 N–H and O–H groups in total. The van der Waals surface area contributed by atoms with Gasteiger partial charge >= 0.3 is 5.69 Å². The Hall–Kier alpha value is -2.34. The first kappa shape index (κ1) is 15.1. The summed E-state index contributed by atoms with van der Waals surface area (Å²) in [6.45, 7) is 0. The van der Waals surface area contributed by atoms with Crippen LogP contribution in [0.2, 0.25) is 0 Å². The number of benzene rings is 2. The van der Waals surface area contributed by atoms with E-state index in [2.05, 4.69) is 0 Å². The van der Waals surface area contributed by atoms with Gasteiger partial charge in [0.2, 0.25) is 5.82 Å². The molecule has 4 nitrogen and oxygen atoms in total. The number of nitro groups is 1. The average Bonchev–Trinajstić information content (AvgIpc) is 2.46. The molecular formula is C14H8ClF2NO3. The molecule has 0 fully saturated rings. The number of nitro benzene ring substituents is 1. The van der Waals surface area contributed by atoms with Gasteiger partial charge in [0.15, 0.2) is 5.78 Å². The number of alkyl halides is 1. The van der Waals surface area contributed by atoms with Crippen LogP contribution in [-0.4, -0.2) is 10.7 Å². The van der Waals surface area contributed by atoms with E-state index in [1.54, 1.807) is 18.2 Å². The van der Waals surface area contributed by atoms with Crippen LogP contribution in [0.1, 0.15) is 21.3 Å². The summed E-state index contributed by atoms with van der Waals surface area (Å²) in [7, 11) is 0. The fourth-order valence-electron chi connectivity index (χ4n) is 1.81. The number of hydrogen-bond donors (Lipinski definition) is 0. The van der Waals surface area contributed by atoms with Crippen molar-refractivity contribution in [1.29, 1.82) is 0 Å². The molecule has 0 heterocycles. The largest absolute Gasteiger partial charge is 0.305 e. The molecule has 0 saturated carbocycles. The Morgan fingerprint density at radius 3 is 2.33 bits per heavy atom. The number of nitrogens with zero attached hydrogens (tertiary/aromatic N) is 1. The Balaban J connectivity index is 2.49. The van der Waals surface area contributed by atoms with Crippen LogP contribution in [0.25, 0.3) is 0 Å². The Morgan fingerprint density at radius 2 is 1.76 bits per heavy atom. The molecule has 7 heteroatoms. The van der Waals surface area contributed by atoms with Crippen molar-refractivity contribution in [1.82, 2.24) is 0 Å². The number of carbonyl (C=O) groups is 1. The van der Waals surface area contributed by atoms with E-state index in [0.717, 1.165) is 0 Å². The number of hydrogen-bond acceptors (Lipinski definition) is 3. The molecule has 2 rings (SSSR count). The number of ketones is 1. The molecule has 0 bridgehead atoms. The van der Waals surface area contributed by atoms with Gasteiger partial charge in [-0.1, -0.05) is 30.3 Å². The summed E-state index contributed by atoms with van der Waals surface area (Å²) >= 11 is 5.91. The van der Waals surface area contributed by atoms with Gasteiger partial charge in [0.05, 0.1) is 10.5 Å². The van der Waals surface area contributed by atoms with E-state index in [0.29, 0.717) is 17.7 Å². The number of Topliss-reactive ketones (excluding diaryl/α,β-unsaturated/α-hetero) is 1. The molecule has 0 aliphatic carbocycles. The highest BCUT2D eigenvalue weighted by Crippen LogP contribution is 2.30. The Labute approximate surface area is 123 Å². The molecule has 0 radical (unpaired) electrons. The van der Waals surface area contributed by atoms with E-state index in [-0.39, 0.29) is 0 Å². The maximum Gasteiger partial charge on any atom is 0.305 e. The van der Waals surface area contributed by atoms with Crippen LogP contribution in [0.4, 0.5) is 14.5 Å². The molecule has 0 spiro atoms. The fraction of sp³-hybridized carbons (Fsp3) is 0.0714. The summed E-state index contributed by atoms with van der Waals surface area (Å²) in [4.78, 5) is 21.7. The topological polar surface area (TPSA) is 60.2 Å². The van der Waals surface area contributed by atoms with Crippen LogP contribution in [0.3, 0.4) is 0 Å². The van der Waals surface area contributed by atoms with Gasteiger partial charge in [-0.15, -0.1) is 11.6 Å². The summed E-state index contributed by atoms with van der Waals surface area (Å²) in [5.41, 5.74) is -1.64. The number of halogens is 3. The quantitative estimate of drug-likeness (QED) is 0.370. The first-order chi connectivity index (χ1) is 9.93. The van der Waals surface area contributed by atoms with Gasteiger partial charge in [-0.25, -0.2) is 4.39 Å². The SMILES string of the molecule is O=C(c1c(F)ccc([N+](=O)[O-])c1F)C(Cl)c1ccccc1. The minimum atomic E-state index is -1.52. The smallest absolute Gasteiger partial charge is 0.292 e. The van der Waals surface area contributed by atoms with E-state index in [1.807, 2.05) is 0 Å². The van der Waals surface area contributed by atoms with Crippen molar-refractivity contribution in [2.75, 3.05) is 0 Å². The summed E-state index contributed by atoms with van der Waals surface area (Å²) < 4.78 is 27.6. The van der Waals surface area contributed by atoms with Gasteiger partial charge in [-0.05, 0) is 11.6 Å². The van der Waals surface area contributed by atoms with E-state index in [9.17, 15) is 23.7 Å². The Morgan fingerprint density at radius 1 is 1.14 bits per heavy atom. The minimum Gasteiger partial charge on any atom is -0.292 e. The second-order valence-corrected chi connectivity index (χ2v) is 4.59. The maximum absolute atomic E-state index is 13.9. The predicted molar refractivity (Wildman–Crippen MR) is 72.4 cm³/mol. The highest BCUT2D eigenvalue weighted by Gasteiger charge is 2.30. The number of rotatable bonds is 4. The molecule has 0 saturated heterocycles. The molecule has 1 atom stereocenters. The van der Waals surface area contributed by atoms with Crippen LogP contribution in [-0.2, 0) is 0 Å². The van der Waals surface area contributed by atoms with Crippen LogP contribution in [0, 0.1) is 21.7 Å². The lowest BCUT2D eigenvalue weighted by Gasteiger charge is -2.10. The Kier molecular flexibility index (Phi) is 4.28. The molecule has 2 aromatic carbocycles.